The molecule has 4 nitrogen and oxygen atoms in total. The van der Waals surface area contributed by atoms with Crippen LogP contribution in [-0.2, 0) is 11.3 Å². The zero-order valence-corrected chi connectivity index (χ0v) is 12.4. The molecule has 0 aliphatic rings. The zero-order valence-electron chi connectivity index (χ0n) is 10.8. The fraction of sp³-hybridized carbons (Fsp3) is 0.133. The van der Waals surface area contributed by atoms with Gasteiger partial charge in [-0.2, -0.15) is 0 Å². The highest BCUT2D eigenvalue weighted by atomic mass is 79.9. The Kier molecular flexibility index (Phi) is 5.01. The van der Waals surface area contributed by atoms with Crippen LogP contribution < -0.4 is 15.8 Å². The molecule has 0 radical (unpaired) electrons. The lowest BCUT2D eigenvalue weighted by Gasteiger charge is -2.09. The third kappa shape index (κ3) is 4.28. The predicted molar refractivity (Wildman–Crippen MR) is 82.3 cm³/mol. The molecule has 0 aromatic heterocycles. The molecule has 0 spiro atoms. The Morgan fingerprint density at radius 1 is 1.20 bits per heavy atom. The number of rotatable bonds is 5. The van der Waals surface area contributed by atoms with Crippen molar-refractivity contribution in [2.75, 3.05) is 12.3 Å². The number of nitrogens with one attached hydrogen (secondary N) is 1. The van der Waals surface area contributed by atoms with Crippen LogP contribution in [0.3, 0.4) is 0 Å². The maximum atomic E-state index is 11.7. The second-order valence-electron chi connectivity index (χ2n) is 4.24. The highest BCUT2D eigenvalue weighted by molar-refractivity contribution is 9.10. The van der Waals surface area contributed by atoms with Gasteiger partial charge in [-0.05, 0) is 33.6 Å². The van der Waals surface area contributed by atoms with Gasteiger partial charge in [0.25, 0.3) is 5.91 Å². The van der Waals surface area contributed by atoms with Crippen LogP contribution in [0.5, 0.6) is 5.75 Å². The molecule has 2 aromatic rings. The van der Waals surface area contributed by atoms with Gasteiger partial charge in [-0.25, -0.2) is 0 Å². The molecule has 3 N–H and O–H groups in total. The summed E-state index contributed by atoms with van der Waals surface area (Å²) in [5, 5.41) is 2.79. The van der Waals surface area contributed by atoms with Gasteiger partial charge in [0, 0.05) is 18.3 Å². The summed E-state index contributed by atoms with van der Waals surface area (Å²) >= 11 is 3.34. The van der Waals surface area contributed by atoms with E-state index in [1.54, 1.807) is 18.2 Å². The number of halogens is 1. The molecule has 0 bridgehead atoms. The maximum absolute atomic E-state index is 11.7. The minimum atomic E-state index is -0.178. The molecular formula is C15H15BrN2O2. The number of hydrogen-bond donors (Lipinski definition) is 2. The smallest absolute Gasteiger partial charge is 0.258 e. The van der Waals surface area contributed by atoms with Crippen molar-refractivity contribution >= 4 is 27.5 Å². The van der Waals surface area contributed by atoms with Gasteiger partial charge in [0.05, 0.1) is 4.47 Å². The molecule has 0 aliphatic heterocycles. The normalized spacial score (nSPS) is 10.1. The van der Waals surface area contributed by atoms with Crippen molar-refractivity contribution < 1.29 is 9.53 Å². The standard InChI is InChI=1S/C15H15BrN2O2/c16-13-7-6-12(17)8-14(13)20-10-15(19)18-9-11-4-2-1-3-5-11/h1-8H,9-10,17H2,(H,18,19). The molecule has 1 amide bonds. The number of carbonyl (C=O) groups excluding carboxylic acids is 1. The van der Waals surface area contributed by atoms with E-state index in [9.17, 15) is 4.79 Å². The number of anilines is 1. The highest BCUT2D eigenvalue weighted by Gasteiger charge is 2.06. The van der Waals surface area contributed by atoms with Crippen molar-refractivity contribution in [3.63, 3.8) is 0 Å². The molecular weight excluding hydrogens is 320 g/mol. The fourth-order valence-corrected chi connectivity index (χ4v) is 1.98. The molecule has 0 aliphatic carbocycles. The summed E-state index contributed by atoms with van der Waals surface area (Å²) in [5.41, 5.74) is 7.31. The van der Waals surface area contributed by atoms with Crippen molar-refractivity contribution in [1.29, 1.82) is 0 Å². The quantitative estimate of drug-likeness (QED) is 0.826. The van der Waals surface area contributed by atoms with E-state index in [-0.39, 0.29) is 12.5 Å². The van der Waals surface area contributed by atoms with E-state index in [0.717, 1.165) is 10.0 Å². The lowest BCUT2D eigenvalue weighted by atomic mass is 10.2. The molecule has 5 heteroatoms. The third-order valence-electron chi connectivity index (χ3n) is 2.65. The van der Waals surface area contributed by atoms with Crippen molar-refractivity contribution in [2.45, 2.75) is 6.54 Å². The first-order valence-corrected chi connectivity index (χ1v) is 6.93. The minimum absolute atomic E-state index is 0.0467. The molecule has 0 saturated carbocycles. The maximum Gasteiger partial charge on any atom is 0.258 e. The first kappa shape index (κ1) is 14.4. The largest absolute Gasteiger partial charge is 0.483 e. The Bertz CT molecular complexity index is 588. The van der Waals surface area contributed by atoms with Gasteiger partial charge in [0.2, 0.25) is 0 Å². The van der Waals surface area contributed by atoms with Crippen LogP contribution in [0, 0.1) is 0 Å². The number of amides is 1. The van der Waals surface area contributed by atoms with Crippen molar-refractivity contribution in [2.24, 2.45) is 0 Å². The van der Waals surface area contributed by atoms with Gasteiger partial charge >= 0.3 is 0 Å². The summed E-state index contributed by atoms with van der Waals surface area (Å²) in [5.74, 6) is 0.378. The molecule has 104 valence electrons. The second kappa shape index (κ2) is 6.96. The van der Waals surface area contributed by atoms with E-state index < -0.39 is 0 Å². The van der Waals surface area contributed by atoms with E-state index in [2.05, 4.69) is 21.2 Å². The Morgan fingerprint density at radius 3 is 2.70 bits per heavy atom. The van der Waals surface area contributed by atoms with Gasteiger partial charge in [-0.15, -0.1) is 0 Å². The number of nitrogen functional groups attached to an aromatic ring is 1. The van der Waals surface area contributed by atoms with Crippen LogP contribution in [0.2, 0.25) is 0 Å². The molecule has 20 heavy (non-hydrogen) atoms. The van der Waals surface area contributed by atoms with Crippen LogP contribution in [0.4, 0.5) is 5.69 Å². The summed E-state index contributed by atoms with van der Waals surface area (Å²) in [6.45, 7) is 0.440. The molecule has 2 aromatic carbocycles. The van der Waals surface area contributed by atoms with E-state index >= 15 is 0 Å². The SMILES string of the molecule is Nc1ccc(Br)c(OCC(=O)NCc2ccccc2)c1. The van der Waals surface area contributed by atoms with E-state index in [1.165, 1.54) is 0 Å². The number of nitrogens with two attached hydrogens (primary N) is 1. The number of ether oxygens (including phenoxy) is 1. The van der Waals surface area contributed by atoms with Crippen molar-refractivity contribution in [3.8, 4) is 5.75 Å². The van der Waals surface area contributed by atoms with Crippen molar-refractivity contribution in [3.05, 3.63) is 58.6 Å². The summed E-state index contributed by atoms with van der Waals surface area (Å²) < 4.78 is 6.20. The fourth-order valence-electron chi connectivity index (χ4n) is 1.62. The molecule has 2 rings (SSSR count). The van der Waals surface area contributed by atoms with E-state index in [1.807, 2.05) is 30.3 Å². The average Bonchev–Trinajstić information content (AvgIpc) is 2.47. The summed E-state index contributed by atoms with van der Waals surface area (Å²) in [6.07, 6.45) is 0. The van der Waals surface area contributed by atoms with Crippen molar-refractivity contribution in [1.82, 2.24) is 5.32 Å². The Balaban J connectivity index is 1.82. The van der Waals surface area contributed by atoms with E-state index in [4.69, 9.17) is 10.5 Å². The van der Waals surface area contributed by atoms with Crippen LogP contribution in [-0.4, -0.2) is 12.5 Å². The van der Waals surface area contributed by atoms with Gasteiger partial charge < -0.3 is 15.8 Å². The molecule has 0 unspecified atom stereocenters. The van der Waals surface area contributed by atoms with Gasteiger partial charge in [0.1, 0.15) is 5.75 Å². The van der Waals surface area contributed by atoms with Crippen LogP contribution in [0.15, 0.2) is 53.0 Å². The summed E-state index contributed by atoms with van der Waals surface area (Å²) in [6, 6.07) is 14.9. The predicted octanol–water partition coefficient (Wildman–Crippen LogP) is 2.73. The Hall–Kier alpha value is -2.01. The number of benzene rings is 2. The second-order valence-corrected chi connectivity index (χ2v) is 5.10. The van der Waals surface area contributed by atoms with Crippen LogP contribution in [0.1, 0.15) is 5.56 Å². The molecule has 0 heterocycles. The van der Waals surface area contributed by atoms with Gasteiger partial charge in [0.15, 0.2) is 6.61 Å². The molecule has 0 saturated heterocycles. The third-order valence-corrected chi connectivity index (χ3v) is 3.30. The average molecular weight is 335 g/mol. The van der Waals surface area contributed by atoms with Gasteiger partial charge in [-0.3, -0.25) is 4.79 Å². The topological polar surface area (TPSA) is 64.3 Å². The van der Waals surface area contributed by atoms with E-state index in [0.29, 0.717) is 18.0 Å². The van der Waals surface area contributed by atoms with Gasteiger partial charge in [-0.1, -0.05) is 30.3 Å². The minimum Gasteiger partial charge on any atom is -0.483 e. The highest BCUT2D eigenvalue weighted by Crippen LogP contribution is 2.26. The molecule has 0 atom stereocenters. The zero-order chi connectivity index (χ0) is 14.4. The Labute approximate surface area is 126 Å². The van der Waals surface area contributed by atoms with Crippen LogP contribution >= 0.6 is 15.9 Å². The first-order valence-electron chi connectivity index (χ1n) is 6.13. The summed E-state index contributed by atoms with van der Waals surface area (Å²) in [7, 11) is 0. The lowest BCUT2D eigenvalue weighted by molar-refractivity contribution is -0.123. The van der Waals surface area contributed by atoms with Crippen LogP contribution in [0.25, 0.3) is 0 Å². The summed E-state index contributed by atoms with van der Waals surface area (Å²) in [4.78, 5) is 11.7. The monoisotopic (exact) mass is 334 g/mol. The number of carbonyl (C=O) groups is 1. The Morgan fingerprint density at radius 2 is 1.95 bits per heavy atom. The lowest BCUT2D eigenvalue weighted by Crippen LogP contribution is -2.28. The molecule has 0 fully saturated rings. The number of hydrogen-bond acceptors (Lipinski definition) is 3. The first-order chi connectivity index (χ1) is 9.65.